The van der Waals surface area contributed by atoms with Gasteiger partial charge in [-0.25, -0.2) is 4.79 Å². The van der Waals surface area contributed by atoms with Crippen LogP contribution in [0.2, 0.25) is 0 Å². The van der Waals surface area contributed by atoms with Crippen molar-refractivity contribution in [2.24, 2.45) is 0 Å². The van der Waals surface area contributed by atoms with Gasteiger partial charge in [-0.1, -0.05) is 18.2 Å². The monoisotopic (exact) mass is 344 g/mol. The highest BCUT2D eigenvalue weighted by molar-refractivity contribution is 5.96. The summed E-state index contributed by atoms with van der Waals surface area (Å²) in [5.74, 6) is -0.260. The van der Waals surface area contributed by atoms with Gasteiger partial charge in [0.05, 0.1) is 6.61 Å². The highest BCUT2D eigenvalue weighted by Crippen LogP contribution is 2.19. The maximum absolute atomic E-state index is 12.9. The lowest BCUT2D eigenvalue weighted by Crippen LogP contribution is -2.58. The Morgan fingerprint density at radius 1 is 1.24 bits per heavy atom. The van der Waals surface area contributed by atoms with Gasteiger partial charge < -0.3 is 14.1 Å². The number of methoxy groups -OCH3 is 1. The summed E-state index contributed by atoms with van der Waals surface area (Å²) in [5.41, 5.74) is 0.0180. The Bertz CT molecular complexity index is 804. The van der Waals surface area contributed by atoms with Crippen molar-refractivity contribution in [1.29, 1.82) is 0 Å². The Morgan fingerprint density at radius 3 is 2.60 bits per heavy atom. The minimum atomic E-state index is -0.578. The first-order chi connectivity index (χ1) is 12.0. The Labute approximate surface area is 147 Å². The van der Waals surface area contributed by atoms with E-state index >= 15 is 0 Å². The van der Waals surface area contributed by atoms with Gasteiger partial charge in [0.1, 0.15) is 11.1 Å². The molecule has 25 heavy (non-hydrogen) atoms. The molecule has 6 nitrogen and oxygen atoms in total. The van der Waals surface area contributed by atoms with E-state index in [1.54, 1.807) is 30.2 Å². The van der Waals surface area contributed by atoms with Crippen LogP contribution in [0.15, 0.2) is 39.5 Å². The van der Waals surface area contributed by atoms with Gasteiger partial charge in [-0.2, -0.15) is 0 Å². The van der Waals surface area contributed by atoms with E-state index in [9.17, 15) is 9.59 Å². The molecule has 1 aliphatic rings. The summed E-state index contributed by atoms with van der Waals surface area (Å²) < 4.78 is 10.5. The number of piperazine rings is 1. The van der Waals surface area contributed by atoms with Crippen molar-refractivity contribution < 1.29 is 13.9 Å². The molecule has 2 atom stereocenters. The number of carbonyl (C=O) groups excluding carboxylic acids is 1. The molecule has 134 valence electrons. The fourth-order valence-electron chi connectivity index (χ4n) is 3.54. The average molecular weight is 344 g/mol. The highest BCUT2D eigenvalue weighted by Gasteiger charge is 2.33. The number of ether oxygens (including phenoxy) is 1. The van der Waals surface area contributed by atoms with Crippen molar-refractivity contribution in [1.82, 2.24) is 9.80 Å². The molecule has 2 unspecified atom stereocenters. The molecule has 2 aromatic rings. The Hall–Kier alpha value is -2.18. The van der Waals surface area contributed by atoms with Crippen molar-refractivity contribution in [2.75, 3.05) is 33.4 Å². The number of benzene rings is 1. The average Bonchev–Trinajstić information content (AvgIpc) is 2.59. The van der Waals surface area contributed by atoms with Crippen LogP contribution < -0.4 is 5.63 Å². The second-order valence-corrected chi connectivity index (χ2v) is 6.62. The van der Waals surface area contributed by atoms with E-state index in [1.807, 2.05) is 12.1 Å². The van der Waals surface area contributed by atoms with Crippen molar-refractivity contribution in [2.45, 2.75) is 25.9 Å². The molecular formula is C19H24N2O4. The van der Waals surface area contributed by atoms with E-state index in [0.29, 0.717) is 25.3 Å². The fraction of sp³-hybridized carbons (Fsp3) is 0.474. The summed E-state index contributed by atoms with van der Waals surface area (Å²) in [4.78, 5) is 29.2. The highest BCUT2D eigenvalue weighted by atomic mass is 16.5. The van der Waals surface area contributed by atoms with Gasteiger partial charge in [-0.05, 0) is 26.0 Å². The molecule has 0 bridgehead atoms. The number of hydrogen-bond acceptors (Lipinski definition) is 5. The minimum absolute atomic E-state index is 0.100. The second kappa shape index (κ2) is 7.37. The van der Waals surface area contributed by atoms with E-state index in [0.717, 1.165) is 11.9 Å². The molecule has 1 aromatic carbocycles. The number of fused-ring (bicyclic) bond motifs is 1. The zero-order valence-corrected chi connectivity index (χ0v) is 14.9. The Morgan fingerprint density at radius 2 is 1.92 bits per heavy atom. The van der Waals surface area contributed by atoms with Gasteiger partial charge in [0.25, 0.3) is 5.91 Å². The van der Waals surface area contributed by atoms with Crippen LogP contribution in [0, 0.1) is 0 Å². The predicted molar refractivity (Wildman–Crippen MR) is 95.9 cm³/mol. The van der Waals surface area contributed by atoms with E-state index in [4.69, 9.17) is 9.15 Å². The molecule has 0 aliphatic carbocycles. The minimum Gasteiger partial charge on any atom is -0.422 e. The van der Waals surface area contributed by atoms with Crippen molar-refractivity contribution >= 4 is 16.9 Å². The normalized spacial score (nSPS) is 21.6. The van der Waals surface area contributed by atoms with Gasteiger partial charge >= 0.3 is 5.63 Å². The number of rotatable bonds is 4. The lowest BCUT2D eigenvalue weighted by atomic mass is 10.1. The summed E-state index contributed by atoms with van der Waals surface area (Å²) in [6.45, 7) is 6.84. The van der Waals surface area contributed by atoms with Crippen molar-refractivity contribution in [3.8, 4) is 0 Å². The topological polar surface area (TPSA) is 63.0 Å². The molecule has 1 amide bonds. The van der Waals surface area contributed by atoms with Crippen LogP contribution in [0.4, 0.5) is 0 Å². The van der Waals surface area contributed by atoms with Crippen molar-refractivity contribution in [3.63, 3.8) is 0 Å². The Kier molecular flexibility index (Phi) is 5.20. The molecule has 0 saturated carbocycles. The smallest absolute Gasteiger partial charge is 0.349 e. The third-order valence-corrected chi connectivity index (χ3v) is 4.81. The van der Waals surface area contributed by atoms with E-state index in [2.05, 4.69) is 18.7 Å². The number of amides is 1. The summed E-state index contributed by atoms with van der Waals surface area (Å²) in [6.07, 6.45) is 0. The summed E-state index contributed by atoms with van der Waals surface area (Å²) >= 11 is 0. The molecule has 1 aromatic heterocycles. The third kappa shape index (κ3) is 3.60. The molecule has 6 heteroatoms. The Balaban J connectivity index is 1.82. The first kappa shape index (κ1) is 17.6. The van der Waals surface area contributed by atoms with Gasteiger partial charge in [-0.3, -0.25) is 9.69 Å². The summed E-state index contributed by atoms with van der Waals surface area (Å²) in [6, 6.07) is 9.26. The third-order valence-electron chi connectivity index (χ3n) is 4.81. The predicted octanol–water partition coefficient (Wildman–Crippen LogP) is 1.97. The molecule has 2 heterocycles. The number of para-hydroxylation sites is 1. The van der Waals surface area contributed by atoms with Gasteiger partial charge in [0, 0.05) is 44.2 Å². The molecule has 0 radical (unpaired) electrons. The second-order valence-electron chi connectivity index (χ2n) is 6.62. The number of hydrogen-bond donors (Lipinski definition) is 0. The maximum atomic E-state index is 12.9. The van der Waals surface area contributed by atoms with Gasteiger partial charge in [-0.15, -0.1) is 0 Å². The maximum Gasteiger partial charge on any atom is 0.349 e. The van der Waals surface area contributed by atoms with Gasteiger partial charge in [0.2, 0.25) is 0 Å². The van der Waals surface area contributed by atoms with E-state index in [1.165, 1.54) is 0 Å². The molecule has 1 aliphatic heterocycles. The van der Waals surface area contributed by atoms with Crippen molar-refractivity contribution in [3.05, 3.63) is 46.3 Å². The van der Waals surface area contributed by atoms with E-state index in [-0.39, 0.29) is 23.6 Å². The van der Waals surface area contributed by atoms with Crippen LogP contribution in [-0.2, 0) is 4.74 Å². The first-order valence-electron chi connectivity index (χ1n) is 8.58. The van der Waals surface area contributed by atoms with Crippen LogP contribution in [-0.4, -0.2) is 61.1 Å². The molecular weight excluding hydrogens is 320 g/mol. The zero-order valence-electron chi connectivity index (χ0n) is 14.9. The lowest BCUT2D eigenvalue weighted by Gasteiger charge is -2.44. The zero-order chi connectivity index (χ0) is 18.0. The fourth-order valence-corrected chi connectivity index (χ4v) is 3.54. The van der Waals surface area contributed by atoms with Crippen LogP contribution in [0.25, 0.3) is 11.0 Å². The standard InChI is InChI=1S/C19H24N2O4/c1-13-11-20(12-14(2)21(13)8-9-24-3)18(22)16-10-15-6-4-5-7-17(15)25-19(16)23/h4-7,10,13-14H,8-9,11-12H2,1-3H3. The van der Waals surface area contributed by atoms with Crippen LogP contribution in [0.3, 0.4) is 0 Å². The van der Waals surface area contributed by atoms with Crippen LogP contribution in [0.1, 0.15) is 24.2 Å². The molecule has 0 spiro atoms. The largest absolute Gasteiger partial charge is 0.422 e. The molecule has 3 rings (SSSR count). The summed E-state index contributed by atoms with van der Waals surface area (Å²) in [7, 11) is 1.69. The first-order valence-corrected chi connectivity index (χ1v) is 8.58. The van der Waals surface area contributed by atoms with E-state index < -0.39 is 5.63 Å². The van der Waals surface area contributed by atoms with Crippen LogP contribution >= 0.6 is 0 Å². The van der Waals surface area contributed by atoms with Gasteiger partial charge in [0.15, 0.2) is 0 Å². The molecule has 1 fully saturated rings. The number of carbonyl (C=O) groups is 1. The lowest BCUT2D eigenvalue weighted by molar-refractivity contribution is 0.0191. The molecule has 0 N–H and O–H groups in total. The number of nitrogens with zero attached hydrogens (tertiary/aromatic N) is 2. The quantitative estimate of drug-likeness (QED) is 0.794. The van der Waals surface area contributed by atoms with Crippen LogP contribution in [0.5, 0.6) is 0 Å². The SMILES string of the molecule is COCCN1C(C)CN(C(=O)c2cc3ccccc3oc2=O)CC1C. The summed E-state index contributed by atoms with van der Waals surface area (Å²) in [5, 5.41) is 0.755. The molecule has 1 saturated heterocycles.